The number of anilines is 1. The molecule has 1 fully saturated rings. The highest BCUT2D eigenvalue weighted by atomic mass is 16.5. The second-order valence-electron chi connectivity index (χ2n) is 4.09. The van der Waals surface area contributed by atoms with Gasteiger partial charge in [-0.1, -0.05) is 12.1 Å². The van der Waals surface area contributed by atoms with Gasteiger partial charge in [-0.15, -0.1) is 0 Å². The molecule has 2 N–H and O–H groups in total. The summed E-state index contributed by atoms with van der Waals surface area (Å²) >= 11 is 0. The number of hydrogen-bond donors (Lipinski definition) is 2. The number of rotatable bonds is 3. The van der Waals surface area contributed by atoms with E-state index in [0.717, 1.165) is 37.4 Å². The molecule has 5 nitrogen and oxygen atoms in total. The predicted molar refractivity (Wildman–Crippen MR) is 65.1 cm³/mol. The summed E-state index contributed by atoms with van der Waals surface area (Å²) in [6.45, 7) is 3.18. The maximum absolute atomic E-state index is 5.57. The molecule has 2 aromatic rings. The molecule has 1 aromatic carbocycles. The summed E-state index contributed by atoms with van der Waals surface area (Å²) in [7, 11) is 0. The zero-order valence-electron chi connectivity index (χ0n) is 9.48. The van der Waals surface area contributed by atoms with Gasteiger partial charge in [0.1, 0.15) is 5.52 Å². The first kappa shape index (κ1) is 10.6. The second kappa shape index (κ2) is 4.73. The minimum atomic E-state index is 0.318. The molecule has 1 aliphatic rings. The summed E-state index contributed by atoms with van der Waals surface area (Å²) < 4.78 is 10.9. The van der Waals surface area contributed by atoms with Gasteiger partial charge in [-0.2, -0.15) is 4.98 Å². The third kappa shape index (κ3) is 2.40. The summed E-state index contributed by atoms with van der Waals surface area (Å²) in [5.41, 5.74) is 1.69. The third-order valence-corrected chi connectivity index (χ3v) is 2.79. The number of nitrogens with one attached hydrogen (secondary N) is 2. The van der Waals surface area contributed by atoms with E-state index in [1.54, 1.807) is 0 Å². The van der Waals surface area contributed by atoms with Crippen LogP contribution in [0.4, 0.5) is 6.01 Å². The molecule has 1 saturated heterocycles. The molecule has 17 heavy (non-hydrogen) atoms. The molecule has 3 rings (SSSR count). The van der Waals surface area contributed by atoms with Crippen LogP contribution in [0.2, 0.25) is 0 Å². The standard InChI is InChI=1S/C12H15N3O2/c1-2-4-11-10(3-1)15-12(17-11)14-7-9-8-16-6-5-13-9/h1-4,9,13H,5-8H2,(H,14,15). The number of aromatic nitrogens is 1. The molecular weight excluding hydrogens is 218 g/mol. The molecule has 0 radical (unpaired) electrons. The quantitative estimate of drug-likeness (QED) is 0.835. The molecule has 1 aliphatic heterocycles. The molecule has 2 heterocycles. The molecule has 90 valence electrons. The smallest absolute Gasteiger partial charge is 0.295 e. The van der Waals surface area contributed by atoms with Crippen LogP contribution in [0, 0.1) is 0 Å². The summed E-state index contributed by atoms with van der Waals surface area (Å²) in [6.07, 6.45) is 0. The van der Waals surface area contributed by atoms with Crippen LogP contribution in [-0.4, -0.2) is 37.3 Å². The van der Waals surface area contributed by atoms with E-state index in [2.05, 4.69) is 15.6 Å². The Labute approximate surface area is 99.2 Å². The van der Waals surface area contributed by atoms with E-state index in [4.69, 9.17) is 9.15 Å². The van der Waals surface area contributed by atoms with Crippen molar-refractivity contribution in [2.45, 2.75) is 6.04 Å². The normalized spacial score (nSPS) is 20.6. The van der Waals surface area contributed by atoms with Crippen LogP contribution >= 0.6 is 0 Å². The lowest BCUT2D eigenvalue weighted by atomic mass is 10.3. The lowest BCUT2D eigenvalue weighted by molar-refractivity contribution is 0.0805. The number of hydrogen-bond acceptors (Lipinski definition) is 5. The van der Waals surface area contributed by atoms with E-state index in [0.29, 0.717) is 12.1 Å². The molecule has 0 amide bonds. The average molecular weight is 233 g/mol. The van der Waals surface area contributed by atoms with E-state index >= 15 is 0 Å². The van der Waals surface area contributed by atoms with Gasteiger partial charge in [0.15, 0.2) is 5.58 Å². The number of fused-ring (bicyclic) bond motifs is 1. The fraction of sp³-hybridized carbons (Fsp3) is 0.417. The summed E-state index contributed by atoms with van der Waals surface area (Å²) in [5, 5.41) is 6.55. The van der Waals surface area contributed by atoms with E-state index < -0.39 is 0 Å². The highest BCUT2D eigenvalue weighted by Crippen LogP contribution is 2.17. The van der Waals surface area contributed by atoms with Gasteiger partial charge in [0.25, 0.3) is 6.01 Å². The second-order valence-corrected chi connectivity index (χ2v) is 4.09. The van der Waals surface area contributed by atoms with Gasteiger partial charge in [-0.3, -0.25) is 0 Å². The SMILES string of the molecule is c1ccc2oc(NCC3COCCN3)nc2c1. The molecule has 1 aromatic heterocycles. The Balaban J connectivity index is 1.64. The first-order valence-corrected chi connectivity index (χ1v) is 5.82. The Hall–Kier alpha value is -1.59. The predicted octanol–water partition coefficient (Wildman–Crippen LogP) is 1.23. The number of nitrogens with zero attached hydrogens (tertiary/aromatic N) is 1. The molecule has 5 heteroatoms. The maximum Gasteiger partial charge on any atom is 0.295 e. The number of para-hydroxylation sites is 2. The summed E-state index contributed by atoms with van der Waals surface area (Å²) in [6, 6.07) is 8.62. The molecule has 1 unspecified atom stereocenters. The van der Waals surface area contributed by atoms with Crippen molar-refractivity contribution in [2.75, 3.05) is 31.6 Å². The van der Waals surface area contributed by atoms with Crippen LogP contribution in [0.3, 0.4) is 0 Å². The van der Waals surface area contributed by atoms with Crippen LogP contribution in [0.15, 0.2) is 28.7 Å². The van der Waals surface area contributed by atoms with Crippen molar-refractivity contribution in [3.8, 4) is 0 Å². The fourth-order valence-electron chi connectivity index (χ4n) is 1.91. The molecular formula is C12H15N3O2. The van der Waals surface area contributed by atoms with Crippen LogP contribution in [0.25, 0.3) is 11.1 Å². The van der Waals surface area contributed by atoms with Gasteiger partial charge in [0.2, 0.25) is 0 Å². The largest absolute Gasteiger partial charge is 0.424 e. The Morgan fingerprint density at radius 1 is 1.41 bits per heavy atom. The topological polar surface area (TPSA) is 59.3 Å². The van der Waals surface area contributed by atoms with E-state index in [1.807, 2.05) is 24.3 Å². The minimum absolute atomic E-state index is 0.318. The van der Waals surface area contributed by atoms with E-state index in [-0.39, 0.29) is 0 Å². The van der Waals surface area contributed by atoms with Crippen LogP contribution in [-0.2, 0) is 4.74 Å². The van der Waals surface area contributed by atoms with Gasteiger partial charge in [-0.05, 0) is 12.1 Å². The monoisotopic (exact) mass is 233 g/mol. The highest BCUT2D eigenvalue weighted by molar-refractivity contribution is 5.74. The van der Waals surface area contributed by atoms with E-state index in [9.17, 15) is 0 Å². The number of ether oxygens (including phenoxy) is 1. The Bertz CT molecular complexity index is 458. The lowest BCUT2D eigenvalue weighted by Gasteiger charge is -2.23. The lowest BCUT2D eigenvalue weighted by Crippen LogP contribution is -2.45. The summed E-state index contributed by atoms with van der Waals surface area (Å²) in [5.74, 6) is 0. The fourth-order valence-corrected chi connectivity index (χ4v) is 1.91. The zero-order chi connectivity index (χ0) is 11.5. The van der Waals surface area contributed by atoms with Crippen LogP contribution < -0.4 is 10.6 Å². The maximum atomic E-state index is 5.57. The summed E-state index contributed by atoms with van der Waals surface area (Å²) in [4.78, 5) is 4.35. The van der Waals surface area contributed by atoms with Gasteiger partial charge >= 0.3 is 0 Å². The Morgan fingerprint density at radius 2 is 2.35 bits per heavy atom. The zero-order valence-corrected chi connectivity index (χ0v) is 9.48. The van der Waals surface area contributed by atoms with Crippen molar-refractivity contribution in [3.63, 3.8) is 0 Å². The first-order valence-electron chi connectivity index (χ1n) is 5.82. The van der Waals surface area contributed by atoms with Crippen LogP contribution in [0.1, 0.15) is 0 Å². The number of morpholine rings is 1. The molecule has 0 spiro atoms. The van der Waals surface area contributed by atoms with Crippen molar-refractivity contribution in [2.24, 2.45) is 0 Å². The van der Waals surface area contributed by atoms with Crippen molar-refractivity contribution in [1.29, 1.82) is 0 Å². The van der Waals surface area contributed by atoms with Gasteiger partial charge in [0.05, 0.1) is 13.2 Å². The molecule has 1 atom stereocenters. The van der Waals surface area contributed by atoms with Gasteiger partial charge < -0.3 is 19.8 Å². The third-order valence-electron chi connectivity index (χ3n) is 2.79. The first-order chi connectivity index (χ1) is 8.42. The average Bonchev–Trinajstić information content (AvgIpc) is 2.80. The molecule has 0 saturated carbocycles. The molecule has 0 bridgehead atoms. The molecule has 0 aliphatic carbocycles. The van der Waals surface area contributed by atoms with Crippen molar-refractivity contribution >= 4 is 17.1 Å². The minimum Gasteiger partial charge on any atom is -0.424 e. The van der Waals surface area contributed by atoms with E-state index in [1.165, 1.54) is 0 Å². The Kier molecular flexibility index (Phi) is 2.94. The highest BCUT2D eigenvalue weighted by Gasteiger charge is 2.13. The van der Waals surface area contributed by atoms with Crippen LogP contribution in [0.5, 0.6) is 0 Å². The Morgan fingerprint density at radius 3 is 3.18 bits per heavy atom. The number of benzene rings is 1. The van der Waals surface area contributed by atoms with Gasteiger partial charge in [0, 0.05) is 19.1 Å². The van der Waals surface area contributed by atoms with Gasteiger partial charge in [-0.25, -0.2) is 0 Å². The van der Waals surface area contributed by atoms with Crippen molar-refractivity contribution in [3.05, 3.63) is 24.3 Å². The van der Waals surface area contributed by atoms with Crippen molar-refractivity contribution in [1.82, 2.24) is 10.3 Å². The van der Waals surface area contributed by atoms with Crippen molar-refractivity contribution < 1.29 is 9.15 Å². The number of oxazole rings is 1.